The Hall–Kier alpha value is -0.740. The summed E-state index contributed by atoms with van der Waals surface area (Å²) in [4.78, 5) is 1.10. The number of hydrogen-bond donors (Lipinski definition) is 1. The van der Waals surface area contributed by atoms with E-state index in [2.05, 4.69) is 10.7 Å². The summed E-state index contributed by atoms with van der Waals surface area (Å²) in [6.45, 7) is 2.01. The van der Waals surface area contributed by atoms with E-state index in [9.17, 15) is 0 Å². The maximum atomic E-state index is 6.35. The second-order valence-corrected chi connectivity index (χ2v) is 5.91. The van der Waals surface area contributed by atoms with Gasteiger partial charge in [0.25, 0.3) is 0 Å². The normalized spacial score (nSPS) is 12.5. The number of ether oxygens (including phenoxy) is 1. The van der Waals surface area contributed by atoms with E-state index >= 15 is 0 Å². The van der Waals surface area contributed by atoms with Crippen molar-refractivity contribution in [2.45, 2.75) is 13.0 Å². The van der Waals surface area contributed by atoms with Crippen molar-refractivity contribution < 1.29 is 4.74 Å². The molecule has 1 N–H and O–H groups in total. The van der Waals surface area contributed by atoms with Crippen molar-refractivity contribution in [2.24, 2.45) is 0 Å². The first-order valence-electron chi connectivity index (χ1n) is 5.82. The quantitative estimate of drug-likeness (QED) is 0.884. The summed E-state index contributed by atoms with van der Waals surface area (Å²) < 4.78 is 5.26. The third-order valence-electron chi connectivity index (χ3n) is 2.98. The number of halogens is 2. The fourth-order valence-electron chi connectivity index (χ4n) is 1.95. The second kappa shape index (κ2) is 6.14. The Bertz CT molecular complexity index is 583. The molecular weight excluding hydrogens is 301 g/mol. The zero-order valence-corrected chi connectivity index (χ0v) is 13.3. The minimum absolute atomic E-state index is 0.0392. The van der Waals surface area contributed by atoms with Crippen LogP contribution in [-0.4, -0.2) is 14.2 Å². The predicted octanol–water partition coefficient (Wildman–Crippen LogP) is 4.68. The number of hydrogen-bond acceptors (Lipinski definition) is 3. The topological polar surface area (TPSA) is 21.3 Å². The molecule has 0 saturated heterocycles. The highest BCUT2D eigenvalue weighted by molar-refractivity contribution is 7.10. The Labute approximate surface area is 127 Å². The van der Waals surface area contributed by atoms with Gasteiger partial charge in [-0.1, -0.05) is 29.3 Å². The van der Waals surface area contributed by atoms with Crippen LogP contribution in [0.25, 0.3) is 0 Å². The molecule has 1 aromatic heterocycles. The molecule has 2 rings (SSSR count). The van der Waals surface area contributed by atoms with Crippen LogP contribution >= 0.6 is 34.5 Å². The van der Waals surface area contributed by atoms with Gasteiger partial charge in [0.15, 0.2) is 0 Å². The molecule has 0 bridgehead atoms. The Morgan fingerprint density at radius 1 is 1.32 bits per heavy atom. The van der Waals surface area contributed by atoms with Gasteiger partial charge < -0.3 is 10.1 Å². The summed E-state index contributed by atoms with van der Waals surface area (Å²) in [5, 5.41) is 6.78. The lowest BCUT2D eigenvalue weighted by molar-refractivity contribution is 0.414. The Balaban J connectivity index is 2.45. The monoisotopic (exact) mass is 315 g/mol. The van der Waals surface area contributed by atoms with Gasteiger partial charge in [0.1, 0.15) is 5.75 Å². The summed E-state index contributed by atoms with van der Waals surface area (Å²) in [7, 11) is 3.53. The minimum Gasteiger partial charge on any atom is -0.495 e. The molecule has 0 aliphatic carbocycles. The molecule has 1 unspecified atom stereocenters. The molecule has 1 atom stereocenters. The minimum atomic E-state index is 0.0392. The van der Waals surface area contributed by atoms with Gasteiger partial charge in [-0.3, -0.25) is 0 Å². The van der Waals surface area contributed by atoms with Crippen LogP contribution in [0.15, 0.2) is 23.6 Å². The average molecular weight is 316 g/mol. The van der Waals surface area contributed by atoms with Crippen LogP contribution < -0.4 is 10.1 Å². The van der Waals surface area contributed by atoms with E-state index in [-0.39, 0.29) is 6.04 Å². The lowest BCUT2D eigenvalue weighted by Crippen LogP contribution is -2.17. The van der Waals surface area contributed by atoms with Crippen molar-refractivity contribution in [3.63, 3.8) is 0 Å². The van der Waals surface area contributed by atoms with Gasteiger partial charge in [0.2, 0.25) is 0 Å². The number of nitrogens with one attached hydrogen (secondary N) is 1. The molecule has 0 saturated carbocycles. The molecular formula is C14H15Cl2NOS. The first-order valence-corrected chi connectivity index (χ1v) is 7.46. The Kier molecular flexibility index (Phi) is 4.74. The van der Waals surface area contributed by atoms with Gasteiger partial charge in [-0.25, -0.2) is 0 Å². The molecule has 1 aromatic carbocycles. The maximum absolute atomic E-state index is 6.35. The Morgan fingerprint density at radius 2 is 2.05 bits per heavy atom. The smallest absolute Gasteiger partial charge is 0.137 e. The molecule has 0 fully saturated rings. The van der Waals surface area contributed by atoms with Crippen molar-refractivity contribution in [1.29, 1.82) is 0 Å². The largest absolute Gasteiger partial charge is 0.495 e. The van der Waals surface area contributed by atoms with Crippen LogP contribution in [0.1, 0.15) is 22.0 Å². The van der Waals surface area contributed by atoms with E-state index in [1.54, 1.807) is 18.4 Å². The molecule has 2 aromatic rings. The van der Waals surface area contributed by atoms with Gasteiger partial charge in [0, 0.05) is 4.88 Å². The first kappa shape index (κ1) is 14.7. The molecule has 2 nitrogen and oxygen atoms in total. The predicted molar refractivity (Wildman–Crippen MR) is 83.0 cm³/mol. The van der Waals surface area contributed by atoms with Gasteiger partial charge in [-0.05, 0) is 42.6 Å². The van der Waals surface area contributed by atoms with Crippen LogP contribution in [0.5, 0.6) is 5.75 Å². The summed E-state index contributed by atoms with van der Waals surface area (Å²) in [6.07, 6.45) is 0. The van der Waals surface area contributed by atoms with Crippen LogP contribution in [0.4, 0.5) is 0 Å². The number of aryl methyl sites for hydroxylation is 1. The van der Waals surface area contributed by atoms with Crippen LogP contribution in [0, 0.1) is 6.92 Å². The highest BCUT2D eigenvalue weighted by Gasteiger charge is 2.19. The highest BCUT2D eigenvalue weighted by atomic mass is 35.5. The van der Waals surface area contributed by atoms with E-state index in [0.29, 0.717) is 10.8 Å². The van der Waals surface area contributed by atoms with Crippen LogP contribution in [-0.2, 0) is 0 Å². The molecule has 0 aliphatic rings. The average Bonchev–Trinajstić information content (AvgIpc) is 2.74. The van der Waals surface area contributed by atoms with Crippen molar-refractivity contribution in [1.82, 2.24) is 5.32 Å². The van der Waals surface area contributed by atoms with Gasteiger partial charge >= 0.3 is 0 Å². The highest BCUT2D eigenvalue weighted by Crippen LogP contribution is 2.37. The molecule has 102 valence electrons. The molecule has 0 amide bonds. The lowest BCUT2D eigenvalue weighted by atomic mass is 10.0. The van der Waals surface area contributed by atoms with Crippen LogP contribution in [0.2, 0.25) is 10.0 Å². The Morgan fingerprint density at radius 3 is 2.58 bits per heavy atom. The van der Waals surface area contributed by atoms with Crippen molar-refractivity contribution >= 4 is 34.5 Å². The first-order chi connectivity index (χ1) is 9.08. The zero-order valence-electron chi connectivity index (χ0n) is 11.0. The van der Waals surface area contributed by atoms with E-state index in [1.165, 1.54) is 0 Å². The fourth-order valence-corrected chi connectivity index (χ4v) is 3.58. The third-order valence-corrected chi connectivity index (χ3v) is 5.08. The van der Waals surface area contributed by atoms with Gasteiger partial charge in [0.05, 0.1) is 23.2 Å². The van der Waals surface area contributed by atoms with E-state index < -0.39 is 0 Å². The van der Waals surface area contributed by atoms with Crippen LogP contribution in [0.3, 0.4) is 0 Å². The summed E-state index contributed by atoms with van der Waals surface area (Å²) in [5.41, 5.74) is 2.18. The van der Waals surface area contributed by atoms with Crippen molar-refractivity contribution in [2.75, 3.05) is 14.2 Å². The molecule has 0 radical (unpaired) electrons. The van der Waals surface area contributed by atoms with Crippen molar-refractivity contribution in [3.05, 3.63) is 49.6 Å². The van der Waals surface area contributed by atoms with E-state index in [0.717, 1.165) is 21.0 Å². The molecule has 5 heteroatoms. The molecule has 0 aliphatic heterocycles. The number of benzene rings is 1. The second-order valence-electron chi connectivity index (χ2n) is 4.21. The molecule has 1 heterocycles. The third kappa shape index (κ3) is 2.90. The number of methoxy groups -OCH3 is 1. The van der Waals surface area contributed by atoms with Crippen molar-refractivity contribution in [3.8, 4) is 5.75 Å². The summed E-state index contributed by atoms with van der Waals surface area (Å²) in [6, 6.07) is 5.80. The number of rotatable bonds is 4. The van der Waals surface area contributed by atoms with Gasteiger partial charge in [-0.15, -0.1) is 11.3 Å². The maximum Gasteiger partial charge on any atom is 0.137 e. The lowest BCUT2D eigenvalue weighted by Gasteiger charge is -2.17. The number of thiophene rings is 1. The molecule has 0 spiro atoms. The summed E-state index contributed by atoms with van der Waals surface area (Å²) >= 11 is 14.1. The molecule has 19 heavy (non-hydrogen) atoms. The standard InChI is InChI=1S/C14H15Cl2NOS/c1-8-7-19-14(12(8)16)13(17-2)9-4-5-10(15)11(6-9)18-3/h4-7,13,17H,1-3H3. The van der Waals surface area contributed by atoms with Gasteiger partial charge in [-0.2, -0.15) is 0 Å². The zero-order chi connectivity index (χ0) is 14.0. The van der Waals surface area contributed by atoms with E-state index in [1.807, 2.05) is 32.2 Å². The van der Waals surface area contributed by atoms with E-state index in [4.69, 9.17) is 27.9 Å². The fraction of sp³-hybridized carbons (Fsp3) is 0.286. The summed E-state index contributed by atoms with van der Waals surface area (Å²) in [5.74, 6) is 0.670. The SMILES string of the molecule is CNC(c1ccc(Cl)c(OC)c1)c1scc(C)c1Cl.